The molecule has 0 fully saturated rings. The molecular weight excluding hydrogens is 330 g/mol. The zero-order valence-electron chi connectivity index (χ0n) is 13.8. The van der Waals surface area contributed by atoms with Gasteiger partial charge in [0.1, 0.15) is 5.82 Å². The fraction of sp³-hybridized carbons (Fsp3) is 0. The maximum absolute atomic E-state index is 12.1. The molecule has 0 saturated heterocycles. The fourth-order valence-electron chi connectivity index (χ4n) is 2.20. The maximum Gasteiger partial charge on any atom is 0.256 e. The summed E-state index contributed by atoms with van der Waals surface area (Å²) in [6, 6.07) is 16.4. The Bertz CT molecular complexity index is 841. The van der Waals surface area contributed by atoms with Gasteiger partial charge in [-0.25, -0.2) is 4.98 Å². The minimum absolute atomic E-state index is 0.273. The Morgan fingerprint density at radius 2 is 1.19 bits per heavy atom. The highest BCUT2D eigenvalue weighted by Crippen LogP contribution is 2.14. The Labute approximate surface area is 150 Å². The van der Waals surface area contributed by atoms with Crippen molar-refractivity contribution in [1.82, 2.24) is 4.98 Å². The van der Waals surface area contributed by atoms with Crippen molar-refractivity contribution >= 4 is 34.7 Å². The van der Waals surface area contributed by atoms with Gasteiger partial charge < -0.3 is 22.1 Å². The third-order valence-electron chi connectivity index (χ3n) is 3.61. The van der Waals surface area contributed by atoms with Gasteiger partial charge in [-0.15, -0.1) is 0 Å². The molecule has 2 amide bonds. The van der Waals surface area contributed by atoms with Crippen LogP contribution in [0.5, 0.6) is 0 Å². The normalized spacial score (nSPS) is 10.2. The van der Waals surface area contributed by atoms with E-state index in [9.17, 15) is 9.59 Å². The van der Waals surface area contributed by atoms with Crippen molar-refractivity contribution in [2.24, 2.45) is 0 Å². The van der Waals surface area contributed by atoms with Crippen molar-refractivity contribution < 1.29 is 9.59 Å². The summed E-state index contributed by atoms with van der Waals surface area (Å²) >= 11 is 0. The van der Waals surface area contributed by atoms with Gasteiger partial charge in [-0.2, -0.15) is 0 Å². The predicted octanol–water partition coefficient (Wildman–Crippen LogP) is 2.75. The fourth-order valence-corrected chi connectivity index (χ4v) is 2.20. The molecule has 0 aliphatic rings. The van der Waals surface area contributed by atoms with Crippen LogP contribution < -0.4 is 22.1 Å². The van der Waals surface area contributed by atoms with Gasteiger partial charge in [0.15, 0.2) is 0 Å². The highest BCUT2D eigenvalue weighted by Gasteiger charge is 2.08. The first-order chi connectivity index (χ1) is 12.5. The zero-order valence-corrected chi connectivity index (χ0v) is 13.8. The SMILES string of the molecule is Nc1ccc(C(=O)Nc2ccc(NC(=O)c3ccc(N)cc3)nc2)cc1. The van der Waals surface area contributed by atoms with Gasteiger partial charge in [0, 0.05) is 22.5 Å². The minimum atomic E-state index is -0.295. The number of hydrogen-bond donors (Lipinski definition) is 4. The number of hydrogen-bond acceptors (Lipinski definition) is 5. The van der Waals surface area contributed by atoms with Crippen LogP contribution in [0.1, 0.15) is 20.7 Å². The van der Waals surface area contributed by atoms with E-state index in [0.717, 1.165) is 0 Å². The molecule has 0 saturated carbocycles. The van der Waals surface area contributed by atoms with Crippen LogP contribution in [0, 0.1) is 0 Å². The predicted molar refractivity (Wildman–Crippen MR) is 102 cm³/mol. The summed E-state index contributed by atoms with van der Waals surface area (Å²) in [5.41, 5.74) is 13.8. The number of carbonyl (C=O) groups is 2. The zero-order chi connectivity index (χ0) is 18.5. The van der Waals surface area contributed by atoms with E-state index in [2.05, 4.69) is 15.6 Å². The van der Waals surface area contributed by atoms with Crippen molar-refractivity contribution in [3.05, 3.63) is 78.0 Å². The largest absolute Gasteiger partial charge is 0.399 e. The smallest absolute Gasteiger partial charge is 0.256 e. The molecule has 0 unspecified atom stereocenters. The van der Waals surface area contributed by atoms with Crippen LogP contribution in [0.2, 0.25) is 0 Å². The molecule has 0 aliphatic carbocycles. The maximum atomic E-state index is 12.1. The van der Waals surface area contributed by atoms with Crippen molar-refractivity contribution in [1.29, 1.82) is 0 Å². The van der Waals surface area contributed by atoms with Gasteiger partial charge in [0.2, 0.25) is 0 Å². The van der Waals surface area contributed by atoms with Crippen molar-refractivity contribution in [2.45, 2.75) is 0 Å². The lowest BCUT2D eigenvalue weighted by atomic mass is 10.2. The summed E-state index contributed by atoms with van der Waals surface area (Å²) in [4.78, 5) is 28.4. The second kappa shape index (κ2) is 7.35. The van der Waals surface area contributed by atoms with Gasteiger partial charge in [-0.05, 0) is 60.7 Å². The van der Waals surface area contributed by atoms with Gasteiger partial charge in [0.25, 0.3) is 11.8 Å². The molecule has 0 bridgehead atoms. The van der Waals surface area contributed by atoms with Crippen LogP contribution in [0.15, 0.2) is 66.9 Å². The van der Waals surface area contributed by atoms with Crippen LogP contribution in [0.25, 0.3) is 0 Å². The molecule has 7 heteroatoms. The van der Waals surface area contributed by atoms with E-state index in [1.165, 1.54) is 6.20 Å². The molecule has 0 atom stereocenters. The summed E-state index contributed by atoms with van der Waals surface area (Å²) in [6.07, 6.45) is 1.47. The topological polar surface area (TPSA) is 123 Å². The van der Waals surface area contributed by atoms with E-state index in [0.29, 0.717) is 34.0 Å². The quantitative estimate of drug-likeness (QED) is 0.540. The molecule has 0 spiro atoms. The molecule has 3 rings (SSSR count). The summed E-state index contributed by atoms with van der Waals surface area (Å²) < 4.78 is 0. The number of benzene rings is 2. The molecule has 2 aromatic carbocycles. The highest BCUT2D eigenvalue weighted by molar-refractivity contribution is 6.05. The molecule has 130 valence electrons. The van der Waals surface area contributed by atoms with E-state index in [4.69, 9.17) is 11.5 Å². The third-order valence-corrected chi connectivity index (χ3v) is 3.61. The number of nitrogens with zero attached hydrogens (tertiary/aromatic N) is 1. The van der Waals surface area contributed by atoms with Crippen molar-refractivity contribution in [2.75, 3.05) is 22.1 Å². The molecule has 0 radical (unpaired) electrons. The van der Waals surface area contributed by atoms with Gasteiger partial charge in [0.05, 0.1) is 11.9 Å². The Kier molecular flexibility index (Phi) is 4.80. The lowest BCUT2D eigenvalue weighted by Gasteiger charge is -2.08. The second-order valence-corrected chi connectivity index (χ2v) is 5.58. The van der Waals surface area contributed by atoms with E-state index < -0.39 is 0 Å². The standard InChI is InChI=1S/C19H17N5O2/c20-14-5-1-12(2-6-14)18(25)23-16-9-10-17(22-11-16)24-19(26)13-3-7-15(21)8-4-13/h1-11H,20-21H2,(H,23,25)(H,22,24,26). The number of nitrogens with two attached hydrogens (primary N) is 2. The average Bonchev–Trinajstić information content (AvgIpc) is 2.64. The summed E-state index contributed by atoms with van der Waals surface area (Å²) in [6.45, 7) is 0. The van der Waals surface area contributed by atoms with E-state index >= 15 is 0 Å². The number of pyridine rings is 1. The van der Waals surface area contributed by atoms with Crippen molar-refractivity contribution in [3.63, 3.8) is 0 Å². The second-order valence-electron chi connectivity index (χ2n) is 5.58. The number of carbonyl (C=O) groups excluding carboxylic acids is 2. The molecule has 26 heavy (non-hydrogen) atoms. The molecule has 7 nitrogen and oxygen atoms in total. The molecular formula is C19H17N5O2. The highest BCUT2D eigenvalue weighted by atomic mass is 16.2. The minimum Gasteiger partial charge on any atom is -0.399 e. The first-order valence-corrected chi connectivity index (χ1v) is 7.81. The number of anilines is 4. The summed E-state index contributed by atoms with van der Waals surface area (Å²) in [5, 5.41) is 5.41. The van der Waals surface area contributed by atoms with E-state index in [1.54, 1.807) is 60.7 Å². The Morgan fingerprint density at radius 3 is 1.65 bits per heavy atom. The monoisotopic (exact) mass is 347 g/mol. The number of aromatic nitrogens is 1. The average molecular weight is 347 g/mol. The first kappa shape index (κ1) is 17.0. The molecule has 1 heterocycles. The van der Waals surface area contributed by atoms with Crippen molar-refractivity contribution in [3.8, 4) is 0 Å². The van der Waals surface area contributed by atoms with Gasteiger partial charge >= 0.3 is 0 Å². The first-order valence-electron chi connectivity index (χ1n) is 7.81. The lowest BCUT2D eigenvalue weighted by Crippen LogP contribution is -2.14. The number of rotatable bonds is 4. The Morgan fingerprint density at radius 1 is 0.692 bits per heavy atom. The van der Waals surface area contributed by atoms with E-state index in [1.807, 2.05) is 0 Å². The van der Waals surface area contributed by atoms with Crippen LogP contribution in [0.3, 0.4) is 0 Å². The van der Waals surface area contributed by atoms with Crippen LogP contribution in [-0.4, -0.2) is 16.8 Å². The molecule has 6 N–H and O–H groups in total. The van der Waals surface area contributed by atoms with Crippen LogP contribution >= 0.6 is 0 Å². The molecule has 1 aromatic heterocycles. The van der Waals surface area contributed by atoms with Gasteiger partial charge in [-0.3, -0.25) is 9.59 Å². The molecule has 0 aliphatic heterocycles. The number of amides is 2. The molecule has 3 aromatic rings. The summed E-state index contributed by atoms with van der Waals surface area (Å²) in [7, 11) is 0. The van der Waals surface area contributed by atoms with E-state index in [-0.39, 0.29) is 11.8 Å². The lowest BCUT2D eigenvalue weighted by molar-refractivity contribution is 0.101. The Balaban J connectivity index is 1.62. The Hall–Kier alpha value is -3.87. The number of nitrogen functional groups attached to an aromatic ring is 2. The van der Waals surface area contributed by atoms with Crippen LogP contribution in [-0.2, 0) is 0 Å². The van der Waals surface area contributed by atoms with Crippen LogP contribution in [0.4, 0.5) is 22.9 Å². The summed E-state index contributed by atoms with van der Waals surface area (Å²) in [5.74, 6) is -0.195. The third kappa shape index (κ3) is 4.15. The van der Waals surface area contributed by atoms with Gasteiger partial charge in [-0.1, -0.05) is 0 Å². The number of nitrogens with one attached hydrogen (secondary N) is 2.